The summed E-state index contributed by atoms with van der Waals surface area (Å²) in [6, 6.07) is 14.1. The highest BCUT2D eigenvalue weighted by atomic mass is 19.1. The first-order valence-corrected chi connectivity index (χ1v) is 9.75. The summed E-state index contributed by atoms with van der Waals surface area (Å²) < 4.78 is 18.2. The van der Waals surface area contributed by atoms with Gasteiger partial charge in [0.25, 0.3) is 5.91 Å². The zero-order chi connectivity index (χ0) is 20.2. The van der Waals surface area contributed by atoms with Crippen molar-refractivity contribution in [3.63, 3.8) is 0 Å². The number of amides is 1. The van der Waals surface area contributed by atoms with Crippen molar-refractivity contribution in [2.24, 2.45) is 5.16 Å². The maximum atomic E-state index is 13.0. The number of carbonyl (C=O) groups excluding carboxylic acids is 1. The van der Waals surface area contributed by atoms with Crippen molar-refractivity contribution in [3.05, 3.63) is 65.5 Å². The van der Waals surface area contributed by atoms with Crippen LogP contribution in [0.1, 0.15) is 17.5 Å². The second kappa shape index (κ2) is 8.61. The summed E-state index contributed by atoms with van der Waals surface area (Å²) in [4.78, 5) is 22.4. The Labute approximate surface area is 169 Å². The largest absolute Gasteiger partial charge is 0.497 e. The van der Waals surface area contributed by atoms with E-state index in [9.17, 15) is 9.18 Å². The Kier molecular flexibility index (Phi) is 5.76. The maximum absolute atomic E-state index is 13.0. The van der Waals surface area contributed by atoms with Gasteiger partial charge in [-0.3, -0.25) is 9.69 Å². The van der Waals surface area contributed by atoms with Gasteiger partial charge in [0.15, 0.2) is 0 Å². The van der Waals surface area contributed by atoms with E-state index < -0.39 is 6.10 Å². The number of hydrogen-bond donors (Lipinski definition) is 0. The summed E-state index contributed by atoms with van der Waals surface area (Å²) in [6.07, 6.45) is -0.0863. The van der Waals surface area contributed by atoms with Crippen molar-refractivity contribution in [2.45, 2.75) is 19.1 Å². The molecule has 2 aliphatic heterocycles. The van der Waals surface area contributed by atoms with E-state index >= 15 is 0 Å². The summed E-state index contributed by atoms with van der Waals surface area (Å²) in [7, 11) is 1.62. The molecule has 0 unspecified atom stereocenters. The van der Waals surface area contributed by atoms with Gasteiger partial charge in [-0.05, 0) is 47.5 Å². The highest BCUT2D eigenvalue weighted by Crippen LogP contribution is 2.21. The Morgan fingerprint density at radius 1 is 1.10 bits per heavy atom. The lowest BCUT2D eigenvalue weighted by molar-refractivity contribution is -0.143. The zero-order valence-corrected chi connectivity index (χ0v) is 16.4. The number of halogens is 1. The molecule has 0 spiro atoms. The number of ether oxygens (including phenoxy) is 1. The van der Waals surface area contributed by atoms with E-state index in [1.165, 1.54) is 12.1 Å². The standard InChI is InChI=1S/C22H24FN3O3/c1-28-19-8-4-17(5-9-19)20-14-21(29-24-20)22(27)26-12-10-25(11-13-26)15-16-2-6-18(23)7-3-16/h2-9,21H,10-15H2,1H3/t21-/m0/s1. The Morgan fingerprint density at radius 2 is 1.79 bits per heavy atom. The molecule has 1 fully saturated rings. The summed E-state index contributed by atoms with van der Waals surface area (Å²) in [5.41, 5.74) is 2.79. The predicted molar refractivity (Wildman–Crippen MR) is 107 cm³/mol. The Morgan fingerprint density at radius 3 is 2.45 bits per heavy atom. The van der Waals surface area contributed by atoms with E-state index in [0.717, 1.165) is 42.2 Å². The van der Waals surface area contributed by atoms with Crippen molar-refractivity contribution in [1.29, 1.82) is 0 Å². The molecule has 2 aliphatic rings. The van der Waals surface area contributed by atoms with Crippen molar-refractivity contribution in [2.75, 3.05) is 33.3 Å². The molecule has 0 saturated carbocycles. The molecule has 29 heavy (non-hydrogen) atoms. The molecule has 1 amide bonds. The summed E-state index contributed by atoms with van der Waals surface area (Å²) in [6.45, 7) is 3.62. The topological polar surface area (TPSA) is 54.4 Å². The Hall–Kier alpha value is -2.93. The molecule has 7 heteroatoms. The van der Waals surface area contributed by atoms with Crippen LogP contribution < -0.4 is 4.74 Å². The fourth-order valence-corrected chi connectivity index (χ4v) is 3.64. The van der Waals surface area contributed by atoms with Crippen LogP contribution in [0.15, 0.2) is 53.7 Å². The number of hydrogen-bond acceptors (Lipinski definition) is 5. The smallest absolute Gasteiger partial charge is 0.266 e. The number of rotatable bonds is 5. The van der Waals surface area contributed by atoms with Gasteiger partial charge in [-0.25, -0.2) is 4.39 Å². The number of benzene rings is 2. The van der Waals surface area contributed by atoms with Crippen LogP contribution in [0.25, 0.3) is 0 Å². The van der Waals surface area contributed by atoms with Crippen molar-refractivity contribution in [1.82, 2.24) is 9.80 Å². The van der Waals surface area contributed by atoms with Gasteiger partial charge in [0.2, 0.25) is 6.10 Å². The third kappa shape index (κ3) is 4.56. The van der Waals surface area contributed by atoms with E-state index in [1.54, 1.807) is 19.2 Å². The lowest BCUT2D eigenvalue weighted by Gasteiger charge is -2.35. The van der Waals surface area contributed by atoms with Gasteiger partial charge in [-0.1, -0.05) is 17.3 Å². The summed E-state index contributed by atoms with van der Waals surface area (Å²) in [5.74, 6) is 0.537. The van der Waals surface area contributed by atoms with Crippen molar-refractivity contribution < 1.29 is 18.8 Å². The van der Waals surface area contributed by atoms with Gasteiger partial charge >= 0.3 is 0 Å². The minimum absolute atomic E-state index is 0.0151. The molecule has 0 bridgehead atoms. The van der Waals surface area contributed by atoms with Gasteiger partial charge < -0.3 is 14.5 Å². The molecular formula is C22H24FN3O3. The zero-order valence-electron chi connectivity index (χ0n) is 16.4. The fourth-order valence-electron chi connectivity index (χ4n) is 3.64. The van der Waals surface area contributed by atoms with Crippen molar-refractivity contribution >= 4 is 11.6 Å². The number of methoxy groups -OCH3 is 1. The van der Waals surface area contributed by atoms with Crippen LogP contribution in [0, 0.1) is 5.82 Å². The fraction of sp³-hybridized carbons (Fsp3) is 0.364. The van der Waals surface area contributed by atoms with E-state index in [1.807, 2.05) is 29.2 Å². The third-order valence-corrected chi connectivity index (χ3v) is 5.37. The molecular weight excluding hydrogens is 373 g/mol. The molecule has 152 valence electrons. The lowest BCUT2D eigenvalue weighted by atomic mass is 10.0. The highest BCUT2D eigenvalue weighted by Gasteiger charge is 2.33. The van der Waals surface area contributed by atoms with E-state index in [0.29, 0.717) is 19.5 Å². The van der Waals surface area contributed by atoms with Gasteiger partial charge in [0.05, 0.1) is 12.8 Å². The van der Waals surface area contributed by atoms with E-state index in [2.05, 4.69) is 10.1 Å². The second-order valence-corrected chi connectivity index (χ2v) is 7.29. The molecule has 0 radical (unpaired) electrons. The molecule has 4 rings (SSSR count). The average Bonchev–Trinajstić information content (AvgIpc) is 3.26. The van der Waals surface area contributed by atoms with Crippen LogP contribution in [0.5, 0.6) is 5.75 Å². The van der Waals surface area contributed by atoms with Gasteiger partial charge in [0.1, 0.15) is 11.6 Å². The van der Waals surface area contributed by atoms with Crippen molar-refractivity contribution in [3.8, 4) is 5.75 Å². The summed E-state index contributed by atoms with van der Waals surface area (Å²) in [5, 5.41) is 4.12. The molecule has 2 aromatic rings. The van der Waals surface area contributed by atoms with Crippen LogP contribution in [0.2, 0.25) is 0 Å². The highest BCUT2D eigenvalue weighted by molar-refractivity contribution is 6.04. The SMILES string of the molecule is COc1ccc(C2=NO[C@H](C(=O)N3CCN(Cc4ccc(F)cc4)CC3)C2)cc1. The summed E-state index contributed by atoms with van der Waals surface area (Å²) >= 11 is 0. The molecule has 2 heterocycles. The first kappa shape index (κ1) is 19.4. The lowest BCUT2D eigenvalue weighted by Crippen LogP contribution is -2.51. The van der Waals surface area contributed by atoms with Crippen LogP contribution in [-0.2, 0) is 16.2 Å². The molecule has 0 N–H and O–H groups in total. The number of piperazine rings is 1. The minimum Gasteiger partial charge on any atom is -0.497 e. The quantitative estimate of drug-likeness (QED) is 0.779. The van der Waals surface area contributed by atoms with Crippen LogP contribution in [0.3, 0.4) is 0 Å². The predicted octanol–water partition coefficient (Wildman–Crippen LogP) is 2.67. The molecule has 2 aromatic carbocycles. The van der Waals surface area contributed by atoms with Gasteiger partial charge in [-0.2, -0.15) is 0 Å². The number of nitrogens with zero attached hydrogens (tertiary/aromatic N) is 3. The first-order chi connectivity index (χ1) is 14.1. The molecule has 6 nitrogen and oxygen atoms in total. The monoisotopic (exact) mass is 397 g/mol. The third-order valence-electron chi connectivity index (χ3n) is 5.37. The van der Waals surface area contributed by atoms with E-state index in [4.69, 9.17) is 9.57 Å². The van der Waals surface area contributed by atoms with E-state index in [-0.39, 0.29) is 11.7 Å². The van der Waals surface area contributed by atoms with Crippen LogP contribution in [0.4, 0.5) is 4.39 Å². The van der Waals surface area contributed by atoms with Gasteiger partial charge in [-0.15, -0.1) is 0 Å². The number of carbonyl (C=O) groups is 1. The first-order valence-electron chi connectivity index (χ1n) is 9.75. The normalized spacial score (nSPS) is 19.6. The maximum Gasteiger partial charge on any atom is 0.266 e. The van der Waals surface area contributed by atoms with Crippen LogP contribution >= 0.6 is 0 Å². The number of oxime groups is 1. The average molecular weight is 397 g/mol. The molecule has 1 saturated heterocycles. The molecule has 1 atom stereocenters. The Balaban J connectivity index is 1.27. The second-order valence-electron chi connectivity index (χ2n) is 7.29. The molecule has 0 aromatic heterocycles. The minimum atomic E-state index is -0.559. The Bertz CT molecular complexity index is 875. The molecule has 0 aliphatic carbocycles. The van der Waals surface area contributed by atoms with Crippen LogP contribution in [-0.4, -0.2) is 60.8 Å². The van der Waals surface area contributed by atoms with Gasteiger partial charge in [0, 0.05) is 39.1 Å².